The van der Waals surface area contributed by atoms with Gasteiger partial charge in [0.05, 0.1) is 27.2 Å². The highest BCUT2D eigenvalue weighted by atomic mass is 16.5. The lowest BCUT2D eigenvalue weighted by Gasteiger charge is -2.25. The van der Waals surface area contributed by atoms with Gasteiger partial charge in [0, 0.05) is 12.0 Å². The van der Waals surface area contributed by atoms with Gasteiger partial charge in [0.25, 0.3) is 0 Å². The third kappa shape index (κ3) is 5.87. The predicted octanol–water partition coefficient (Wildman–Crippen LogP) is 5.28. The van der Waals surface area contributed by atoms with Crippen LogP contribution >= 0.6 is 0 Å². The number of methoxy groups -OCH3 is 2. The standard InChI is InChI=1S/C15H20O3.C11H12O2/c1-3-18-15(16)9-12-6-4-5-11-7-8-13(17-2)10-14(11)12;1-13-9-6-5-8-3-2-4-11(12)10(8)7-9/h7-8,10,12H,3-6,9H2,1-2H3;5-7H,2-4H2,1H3. The average Bonchev–Trinajstić information content (AvgIpc) is 2.79. The van der Waals surface area contributed by atoms with Crippen molar-refractivity contribution in [2.45, 2.75) is 57.8 Å². The first-order chi connectivity index (χ1) is 15.0. The maximum atomic E-state index is 11.6. The molecule has 4 rings (SSSR count). The SMILES string of the molecule is CCOC(=O)CC1CCCc2ccc(OC)cc21.COc1ccc2c(c1)C(=O)CCC2. The highest BCUT2D eigenvalue weighted by molar-refractivity contribution is 5.98. The summed E-state index contributed by atoms with van der Waals surface area (Å²) in [5.74, 6) is 2.07. The molecule has 0 N–H and O–H groups in total. The first-order valence-corrected chi connectivity index (χ1v) is 11.1. The second-order valence-corrected chi connectivity index (χ2v) is 7.96. The summed E-state index contributed by atoms with van der Waals surface area (Å²) in [5.41, 5.74) is 4.62. The van der Waals surface area contributed by atoms with Crippen molar-refractivity contribution in [1.82, 2.24) is 0 Å². The molecule has 0 radical (unpaired) electrons. The van der Waals surface area contributed by atoms with E-state index in [0.29, 0.717) is 19.4 Å². The third-order valence-corrected chi connectivity index (χ3v) is 5.98. The monoisotopic (exact) mass is 424 g/mol. The van der Waals surface area contributed by atoms with E-state index < -0.39 is 0 Å². The summed E-state index contributed by atoms with van der Waals surface area (Å²) in [6, 6.07) is 11.9. The molecule has 0 amide bonds. The number of aryl methyl sites for hydroxylation is 2. The van der Waals surface area contributed by atoms with Gasteiger partial charge in [-0.25, -0.2) is 0 Å². The Bertz CT molecular complexity index is 918. The van der Waals surface area contributed by atoms with Crippen molar-refractivity contribution in [1.29, 1.82) is 0 Å². The Kier molecular flexibility index (Phi) is 8.10. The van der Waals surface area contributed by atoms with Crippen molar-refractivity contribution < 1.29 is 23.8 Å². The molecule has 2 aliphatic rings. The Morgan fingerprint density at radius 1 is 0.935 bits per heavy atom. The summed E-state index contributed by atoms with van der Waals surface area (Å²) in [6.07, 6.45) is 6.46. The molecule has 0 aromatic heterocycles. The number of benzene rings is 2. The average molecular weight is 425 g/mol. The molecule has 0 spiro atoms. The Hall–Kier alpha value is -2.82. The van der Waals surface area contributed by atoms with Gasteiger partial charge in [0.1, 0.15) is 11.5 Å². The number of rotatable bonds is 5. The molecule has 2 aromatic carbocycles. The number of ether oxygens (including phenoxy) is 3. The molecule has 2 aliphatic carbocycles. The largest absolute Gasteiger partial charge is 0.497 e. The zero-order valence-electron chi connectivity index (χ0n) is 18.7. The summed E-state index contributed by atoms with van der Waals surface area (Å²) in [7, 11) is 3.29. The van der Waals surface area contributed by atoms with E-state index in [0.717, 1.165) is 54.7 Å². The van der Waals surface area contributed by atoms with Crippen LogP contribution in [-0.2, 0) is 22.4 Å². The second-order valence-electron chi connectivity index (χ2n) is 7.96. The molecule has 0 heterocycles. The minimum Gasteiger partial charge on any atom is -0.497 e. The lowest BCUT2D eigenvalue weighted by molar-refractivity contribution is -0.143. The van der Waals surface area contributed by atoms with E-state index in [1.165, 1.54) is 11.1 Å². The van der Waals surface area contributed by atoms with Gasteiger partial charge in [-0.2, -0.15) is 0 Å². The van der Waals surface area contributed by atoms with E-state index >= 15 is 0 Å². The van der Waals surface area contributed by atoms with E-state index in [4.69, 9.17) is 14.2 Å². The molecule has 31 heavy (non-hydrogen) atoms. The van der Waals surface area contributed by atoms with Crippen molar-refractivity contribution in [3.05, 3.63) is 58.7 Å². The lowest BCUT2D eigenvalue weighted by atomic mass is 9.81. The fourth-order valence-corrected chi connectivity index (χ4v) is 4.37. The van der Waals surface area contributed by atoms with Crippen LogP contribution in [-0.4, -0.2) is 32.6 Å². The van der Waals surface area contributed by atoms with Crippen LogP contribution < -0.4 is 9.47 Å². The first kappa shape index (κ1) is 22.9. The molecule has 166 valence electrons. The van der Waals surface area contributed by atoms with Gasteiger partial charge < -0.3 is 14.2 Å². The minimum absolute atomic E-state index is 0.0989. The van der Waals surface area contributed by atoms with Crippen molar-refractivity contribution in [2.75, 3.05) is 20.8 Å². The molecule has 0 saturated carbocycles. The van der Waals surface area contributed by atoms with Crippen LogP contribution in [0.4, 0.5) is 0 Å². The van der Waals surface area contributed by atoms with Crippen LogP contribution in [0.5, 0.6) is 11.5 Å². The number of Topliss-reactive ketones (excluding diaryl/α,β-unsaturated/α-hetero) is 1. The zero-order valence-corrected chi connectivity index (χ0v) is 18.7. The Balaban J connectivity index is 0.000000185. The van der Waals surface area contributed by atoms with Gasteiger partial charge in [-0.3, -0.25) is 9.59 Å². The number of esters is 1. The van der Waals surface area contributed by atoms with E-state index in [1.807, 2.05) is 31.2 Å². The summed E-state index contributed by atoms with van der Waals surface area (Å²) < 4.78 is 15.4. The highest BCUT2D eigenvalue weighted by Crippen LogP contribution is 2.36. The molecular formula is C26H32O5. The van der Waals surface area contributed by atoms with Gasteiger partial charge in [-0.15, -0.1) is 0 Å². The van der Waals surface area contributed by atoms with E-state index in [9.17, 15) is 9.59 Å². The molecule has 0 aliphatic heterocycles. The molecular weight excluding hydrogens is 392 g/mol. The maximum absolute atomic E-state index is 11.6. The number of carbonyl (C=O) groups is 2. The van der Waals surface area contributed by atoms with Crippen molar-refractivity contribution in [3.8, 4) is 11.5 Å². The molecule has 0 fully saturated rings. The van der Waals surface area contributed by atoms with Crippen molar-refractivity contribution >= 4 is 11.8 Å². The summed E-state index contributed by atoms with van der Waals surface area (Å²) in [4.78, 5) is 23.1. The molecule has 0 saturated heterocycles. The van der Waals surface area contributed by atoms with Crippen LogP contribution in [0.1, 0.15) is 72.0 Å². The molecule has 1 unspecified atom stereocenters. The van der Waals surface area contributed by atoms with Crippen LogP contribution in [0.3, 0.4) is 0 Å². The zero-order chi connectivity index (χ0) is 22.2. The first-order valence-electron chi connectivity index (χ1n) is 11.1. The van der Waals surface area contributed by atoms with E-state index in [1.54, 1.807) is 14.2 Å². The van der Waals surface area contributed by atoms with Gasteiger partial charge in [-0.1, -0.05) is 12.1 Å². The van der Waals surface area contributed by atoms with E-state index in [-0.39, 0.29) is 17.7 Å². The smallest absolute Gasteiger partial charge is 0.306 e. The number of hydrogen-bond acceptors (Lipinski definition) is 5. The normalized spacial score (nSPS) is 16.9. The maximum Gasteiger partial charge on any atom is 0.306 e. The Morgan fingerprint density at radius 2 is 1.61 bits per heavy atom. The molecule has 5 nitrogen and oxygen atoms in total. The highest BCUT2D eigenvalue weighted by Gasteiger charge is 2.23. The number of ketones is 1. The van der Waals surface area contributed by atoms with Crippen molar-refractivity contribution in [3.63, 3.8) is 0 Å². The minimum atomic E-state index is -0.0989. The van der Waals surface area contributed by atoms with Gasteiger partial charge in [-0.05, 0) is 85.9 Å². The lowest BCUT2D eigenvalue weighted by Crippen LogP contribution is -2.15. The second kappa shape index (κ2) is 11.0. The third-order valence-electron chi connectivity index (χ3n) is 5.98. The molecule has 1 atom stereocenters. The summed E-state index contributed by atoms with van der Waals surface area (Å²) in [5, 5.41) is 0. The molecule has 5 heteroatoms. The fourth-order valence-electron chi connectivity index (χ4n) is 4.37. The Morgan fingerprint density at radius 3 is 2.32 bits per heavy atom. The molecule has 2 aromatic rings. The summed E-state index contributed by atoms with van der Waals surface area (Å²) >= 11 is 0. The summed E-state index contributed by atoms with van der Waals surface area (Å²) in [6.45, 7) is 2.30. The molecule has 0 bridgehead atoms. The Labute approximate surface area is 184 Å². The van der Waals surface area contributed by atoms with Crippen LogP contribution in [0.15, 0.2) is 36.4 Å². The topological polar surface area (TPSA) is 61.8 Å². The number of hydrogen-bond donors (Lipinski definition) is 0. The quantitative estimate of drug-likeness (QED) is 0.611. The fraction of sp³-hybridized carbons (Fsp3) is 0.462. The van der Waals surface area contributed by atoms with Crippen molar-refractivity contribution in [2.24, 2.45) is 0 Å². The van der Waals surface area contributed by atoms with E-state index in [2.05, 4.69) is 12.1 Å². The van der Waals surface area contributed by atoms with Crippen LogP contribution in [0.2, 0.25) is 0 Å². The van der Waals surface area contributed by atoms with Crippen LogP contribution in [0, 0.1) is 0 Å². The van der Waals surface area contributed by atoms with Gasteiger partial charge in [0.2, 0.25) is 0 Å². The van der Waals surface area contributed by atoms with Crippen LogP contribution in [0.25, 0.3) is 0 Å². The number of fused-ring (bicyclic) bond motifs is 2. The number of carbonyl (C=O) groups excluding carboxylic acids is 2. The van der Waals surface area contributed by atoms with Gasteiger partial charge >= 0.3 is 5.97 Å². The van der Waals surface area contributed by atoms with Gasteiger partial charge in [0.15, 0.2) is 5.78 Å². The predicted molar refractivity (Wildman–Crippen MR) is 120 cm³/mol.